The maximum atomic E-state index is 12.7. The molecule has 1 aromatic heterocycles. The van der Waals surface area contributed by atoms with Crippen LogP contribution in [0.15, 0.2) is 59.1 Å². The largest absolute Gasteiger partial charge is 0.452 e. The van der Waals surface area contributed by atoms with Gasteiger partial charge in [0.15, 0.2) is 6.61 Å². The molecule has 152 valence electrons. The molecule has 0 unspecified atom stereocenters. The number of carbonyl (C=O) groups excluding carboxylic acids is 2. The van der Waals surface area contributed by atoms with E-state index in [1.807, 2.05) is 43.3 Å². The first-order valence-corrected chi connectivity index (χ1v) is 9.44. The van der Waals surface area contributed by atoms with Crippen molar-refractivity contribution in [3.63, 3.8) is 0 Å². The van der Waals surface area contributed by atoms with E-state index in [0.717, 1.165) is 5.56 Å². The maximum absolute atomic E-state index is 12.7. The first kappa shape index (κ1) is 20.8. The van der Waals surface area contributed by atoms with Gasteiger partial charge in [0.05, 0.1) is 12.5 Å². The molecule has 0 fully saturated rings. The van der Waals surface area contributed by atoms with Gasteiger partial charge in [-0.1, -0.05) is 53.2 Å². The molecule has 1 heterocycles. The van der Waals surface area contributed by atoms with E-state index in [1.165, 1.54) is 4.90 Å². The lowest BCUT2D eigenvalue weighted by Crippen LogP contribution is -2.35. The van der Waals surface area contributed by atoms with Gasteiger partial charge in [-0.2, -0.15) is 5.26 Å². The molecule has 1 amide bonds. The number of hydrogen-bond donors (Lipinski definition) is 0. The van der Waals surface area contributed by atoms with Crippen LogP contribution in [0, 0.1) is 25.2 Å². The van der Waals surface area contributed by atoms with Gasteiger partial charge in [0, 0.05) is 17.8 Å². The van der Waals surface area contributed by atoms with Crippen molar-refractivity contribution in [2.75, 3.05) is 18.1 Å². The molecule has 0 radical (unpaired) electrons. The van der Waals surface area contributed by atoms with Gasteiger partial charge in [-0.25, -0.2) is 4.79 Å². The van der Waals surface area contributed by atoms with Gasteiger partial charge >= 0.3 is 5.97 Å². The lowest BCUT2D eigenvalue weighted by atomic mass is 10.1. The van der Waals surface area contributed by atoms with Crippen molar-refractivity contribution in [1.82, 2.24) is 5.16 Å². The Morgan fingerprint density at radius 1 is 1.10 bits per heavy atom. The topological polar surface area (TPSA) is 96.4 Å². The molecule has 0 saturated carbocycles. The third-order valence-corrected chi connectivity index (χ3v) is 4.53. The van der Waals surface area contributed by atoms with Gasteiger partial charge in [0.1, 0.15) is 17.0 Å². The number of anilines is 1. The summed E-state index contributed by atoms with van der Waals surface area (Å²) in [5, 5.41) is 12.9. The standard InChI is InChI=1S/C23H21N3O4/c1-16-9-11-19(12-10-16)26(14-6-13-24)20(27)15-29-23(28)21-17(2)30-25-22(21)18-7-4-3-5-8-18/h3-5,7-12H,6,14-15H2,1-2H3. The molecule has 7 nitrogen and oxygen atoms in total. The zero-order chi connectivity index (χ0) is 21.5. The number of aromatic nitrogens is 1. The van der Waals surface area contributed by atoms with Gasteiger partial charge in [-0.15, -0.1) is 0 Å². The van der Waals surface area contributed by atoms with E-state index in [-0.39, 0.29) is 18.5 Å². The highest BCUT2D eigenvalue weighted by atomic mass is 16.5. The van der Waals surface area contributed by atoms with Gasteiger partial charge < -0.3 is 14.2 Å². The van der Waals surface area contributed by atoms with Crippen LogP contribution < -0.4 is 4.90 Å². The molecule has 30 heavy (non-hydrogen) atoms. The molecule has 0 saturated heterocycles. The van der Waals surface area contributed by atoms with Gasteiger partial charge in [-0.05, 0) is 26.0 Å². The summed E-state index contributed by atoms with van der Waals surface area (Å²) in [6.07, 6.45) is 0.163. The lowest BCUT2D eigenvalue weighted by Gasteiger charge is -2.21. The van der Waals surface area contributed by atoms with E-state index >= 15 is 0 Å². The van der Waals surface area contributed by atoms with Gasteiger partial charge in [-0.3, -0.25) is 4.79 Å². The Hall–Kier alpha value is -3.92. The Morgan fingerprint density at radius 2 is 1.80 bits per heavy atom. The molecule has 0 aliphatic carbocycles. The van der Waals surface area contributed by atoms with Crippen LogP contribution in [-0.2, 0) is 9.53 Å². The zero-order valence-corrected chi connectivity index (χ0v) is 16.8. The summed E-state index contributed by atoms with van der Waals surface area (Å²) in [6.45, 7) is 3.30. The molecule has 3 aromatic rings. The SMILES string of the molecule is Cc1ccc(N(CCC#N)C(=O)COC(=O)c2c(-c3ccccc3)noc2C)cc1. The Kier molecular flexibility index (Phi) is 6.60. The predicted molar refractivity (Wildman–Crippen MR) is 111 cm³/mol. The Bertz CT molecular complexity index is 1070. The number of ether oxygens (including phenoxy) is 1. The fourth-order valence-corrected chi connectivity index (χ4v) is 2.97. The summed E-state index contributed by atoms with van der Waals surface area (Å²) in [5.74, 6) is -0.797. The number of aryl methyl sites for hydroxylation is 2. The fraction of sp³-hybridized carbons (Fsp3) is 0.217. The molecular formula is C23H21N3O4. The molecule has 0 N–H and O–H groups in total. The fourth-order valence-electron chi connectivity index (χ4n) is 2.97. The average Bonchev–Trinajstić information content (AvgIpc) is 3.15. The number of hydrogen-bond acceptors (Lipinski definition) is 6. The molecule has 0 atom stereocenters. The van der Waals surface area contributed by atoms with E-state index in [0.29, 0.717) is 22.7 Å². The van der Waals surface area contributed by atoms with E-state index in [1.54, 1.807) is 31.2 Å². The van der Waals surface area contributed by atoms with Crippen molar-refractivity contribution >= 4 is 17.6 Å². The summed E-state index contributed by atoms with van der Waals surface area (Å²) < 4.78 is 10.5. The van der Waals surface area contributed by atoms with E-state index in [9.17, 15) is 9.59 Å². The first-order chi connectivity index (χ1) is 14.5. The monoisotopic (exact) mass is 403 g/mol. The summed E-state index contributed by atoms with van der Waals surface area (Å²) in [7, 11) is 0. The molecule has 0 bridgehead atoms. The first-order valence-electron chi connectivity index (χ1n) is 9.44. The minimum Gasteiger partial charge on any atom is -0.452 e. The summed E-state index contributed by atoms with van der Waals surface area (Å²) >= 11 is 0. The van der Waals surface area contributed by atoms with Crippen LogP contribution in [0.5, 0.6) is 0 Å². The van der Waals surface area contributed by atoms with Crippen LogP contribution in [0.1, 0.15) is 28.1 Å². The Labute approximate surface area is 174 Å². The van der Waals surface area contributed by atoms with Crippen LogP contribution in [0.4, 0.5) is 5.69 Å². The Balaban J connectivity index is 1.75. The van der Waals surface area contributed by atoms with Crippen molar-refractivity contribution in [3.05, 3.63) is 71.5 Å². The molecule has 2 aromatic carbocycles. The molecule has 7 heteroatoms. The number of nitrogens with zero attached hydrogens (tertiary/aromatic N) is 3. The van der Waals surface area contributed by atoms with Gasteiger partial charge in [0.2, 0.25) is 0 Å². The quantitative estimate of drug-likeness (QED) is 0.552. The smallest absolute Gasteiger partial charge is 0.344 e. The number of rotatable bonds is 7. The van der Waals surface area contributed by atoms with E-state index in [2.05, 4.69) is 5.16 Å². The minimum absolute atomic E-state index is 0.163. The van der Waals surface area contributed by atoms with Gasteiger partial charge in [0.25, 0.3) is 5.91 Å². The maximum Gasteiger partial charge on any atom is 0.344 e. The minimum atomic E-state index is -0.690. The number of nitriles is 1. The van der Waals surface area contributed by atoms with Crippen molar-refractivity contribution in [2.45, 2.75) is 20.3 Å². The molecule has 3 rings (SSSR count). The van der Waals surface area contributed by atoms with Crippen molar-refractivity contribution in [3.8, 4) is 17.3 Å². The predicted octanol–water partition coefficient (Wildman–Crippen LogP) is 4.06. The summed E-state index contributed by atoms with van der Waals surface area (Å²) in [5.41, 5.74) is 2.96. The number of esters is 1. The highest BCUT2D eigenvalue weighted by Crippen LogP contribution is 2.26. The van der Waals surface area contributed by atoms with Crippen molar-refractivity contribution in [1.29, 1.82) is 5.26 Å². The highest BCUT2D eigenvalue weighted by Gasteiger charge is 2.25. The normalized spacial score (nSPS) is 10.3. The van der Waals surface area contributed by atoms with Crippen molar-refractivity contribution in [2.24, 2.45) is 0 Å². The van der Waals surface area contributed by atoms with Crippen LogP contribution >= 0.6 is 0 Å². The second-order valence-corrected chi connectivity index (χ2v) is 6.69. The number of carbonyl (C=O) groups is 2. The summed E-state index contributed by atoms with van der Waals surface area (Å²) in [6, 6.07) is 18.5. The second-order valence-electron chi connectivity index (χ2n) is 6.69. The van der Waals surface area contributed by atoms with Crippen LogP contribution in [0.25, 0.3) is 11.3 Å². The third-order valence-electron chi connectivity index (χ3n) is 4.53. The number of amides is 1. The van der Waals surface area contributed by atoms with Crippen LogP contribution in [-0.4, -0.2) is 30.2 Å². The van der Waals surface area contributed by atoms with Crippen LogP contribution in [0.2, 0.25) is 0 Å². The third kappa shape index (κ3) is 4.73. The summed E-state index contributed by atoms with van der Waals surface area (Å²) in [4.78, 5) is 26.9. The Morgan fingerprint density at radius 3 is 2.47 bits per heavy atom. The molecule has 0 aliphatic heterocycles. The van der Waals surface area contributed by atoms with Crippen molar-refractivity contribution < 1.29 is 18.8 Å². The highest BCUT2D eigenvalue weighted by molar-refractivity contribution is 6.00. The van der Waals surface area contributed by atoms with E-state index < -0.39 is 18.5 Å². The molecular weight excluding hydrogens is 382 g/mol. The van der Waals surface area contributed by atoms with Crippen LogP contribution in [0.3, 0.4) is 0 Å². The molecule has 0 aliphatic rings. The molecule has 0 spiro atoms. The average molecular weight is 403 g/mol. The zero-order valence-electron chi connectivity index (χ0n) is 16.8. The van der Waals surface area contributed by atoms with E-state index in [4.69, 9.17) is 14.5 Å². The lowest BCUT2D eigenvalue weighted by molar-refractivity contribution is -0.121. The second kappa shape index (κ2) is 9.52. The number of benzene rings is 2.